The van der Waals surface area contributed by atoms with Gasteiger partial charge in [0.15, 0.2) is 0 Å². The van der Waals surface area contributed by atoms with Crippen LogP contribution in [0.3, 0.4) is 0 Å². The molecule has 0 bridgehead atoms. The van der Waals surface area contributed by atoms with Crippen molar-refractivity contribution in [3.05, 3.63) is 35.6 Å². The van der Waals surface area contributed by atoms with Gasteiger partial charge in [-0.05, 0) is 24.6 Å². The van der Waals surface area contributed by atoms with E-state index < -0.39 is 5.41 Å². The lowest BCUT2D eigenvalue weighted by Gasteiger charge is -2.26. The van der Waals surface area contributed by atoms with Crippen LogP contribution in [0, 0.1) is 11.7 Å². The van der Waals surface area contributed by atoms with Crippen LogP contribution < -0.4 is 10.6 Å². The van der Waals surface area contributed by atoms with Crippen LogP contribution in [0.1, 0.15) is 25.8 Å². The quantitative estimate of drug-likeness (QED) is 0.895. The van der Waals surface area contributed by atoms with Crippen LogP contribution in [0.5, 0.6) is 0 Å². The van der Waals surface area contributed by atoms with Crippen LogP contribution in [-0.4, -0.2) is 25.5 Å². The Bertz CT molecular complexity index is 459. The number of amides is 1. The van der Waals surface area contributed by atoms with Crippen LogP contribution in [0.4, 0.5) is 4.39 Å². The van der Waals surface area contributed by atoms with Crippen molar-refractivity contribution in [2.24, 2.45) is 5.92 Å². The van der Waals surface area contributed by atoms with Crippen LogP contribution in [-0.2, 0) is 10.2 Å². The predicted molar refractivity (Wildman–Crippen MR) is 80.7 cm³/mol. The van der Waals surface area contributed by atoms with E-state index in [1.165, 1.54) is 6.07 Å². The monoisotopic (exact) mass is 300 g/mol. The van der Waals surface area contributed by atoms with E-state index in [1.54, 1.807) is 12.1 Å². The molecule has 3 nitrogen and oxygen atoms in total. The first-order valence-corrected chi connectivity index (χ1v) is 6.74. The number of rotatable bonds is 4. The third-order valence-electron chi connectivity index (χ3n) is 3.74. The average molecular weight is 301 g/mol. The number of carbonyl (C=O) groups excluding carboxylic acids is 1. The molecule has 1 aromatic rings. The highest BCUT2D eigenvalue weighted by molar-refractivity contribution is 5.85. The van der Waals surface area contributed by atoms with Crippen LogP contribution >= 0.6 is 12.4 Å². The first-order chi connectivity index (χ1) is 9.00. The number of hydrogen-bond acceptors (Lipinski definition) is 2. The minimum atomic E-state index is -0.410. The van der Waals surface area contributed by atoms with Gasteiger partial charge in [-0.1, -0.05) is 32.0 Å². The molecule has 1 heterocycles. The van der Waals surface area contributed by atoms with Gasteiger partial charge in [0.05, 0.1) is 5.92 Å². The summed E-state index contributed by atoms with van der Waals surface area (Å²) in [7, 11) is 0. The summed E-state index contributed by atoms with van der Waals surface area (Å²) in [6.45, 7) is 5.97. The van der Waals surface area contributed by atoms with E-state index in [4.69, 9.17) is 0 Å². The number of benzene rings is 1. The van der Waals surface area contributed by atoms with Crippen LogP contribution in [0.15, 0.2) is 24.3 Å². The molecule has 1 atom stereocenters. The highest BCUT2D eigenvalue weighted by Gasteiger charge is 2.27. The standard InChI is InChI=1S/C15H21FN2O.ClH/c1-15(2,12-5-3-4-6-13(12)16)10-18-14(19)11-7-8-17-9-11;/h3-6,11,17H,7-10H2,1-2H3,(H,18,19);1H. The van der Waals surface area contributed by atoms with Crippen molar-refractivity contribution in [1.82, 2.24) is 10.6 Å². The molecule has 0 radical (unpaired) electrons. The summed E-state index contributed by atoms with van der Waals surface area (Å²) in [5.74, 6) is -0.102. The molecular formula is C15H22ClFN2O. The molecule has 0 aliphatic carbocycles. The summed E-state index contributed by atoms with van der Waals surface area (Å²) in [4.78, 5) is 12.0. The molecule has 1 aliphatic heterocycles. The molecule has 1 unspecified atom stereocenters. The van der Waals surface area contributed by atoms with Crippen molar-refractivity contribution in [3.8, 4) is 0 Å². The van der Waals surface area contributed by atoms with Gasteiger partial charge in [-0.25, -0.2) is 4.39 Å². The summed E-state index contributed by atoms with van der Waals surface area (Å²) in [5.41, 5.74) is 0.229. The molecular weight excluding hydrogens is 279 g/mol. The SMILES string of the molecule is CC(C)(CNC(=O)C1CCNC1)c1ccccc1F.Cl. The highest BCUT2D eigenvalue weighted by atomic mass is 35.5. The molecule has 1 aliphatic rings. The van der Waals surface area contributed by atoms with E-state index in [9.17, 15) is 9.18 Å². The molecule has 5 heteroatoms. The Morgan fingerprint density at radius 2 is 2.15 bits per heavy atom. The summed E-state index contributed by atoms with van der Waals surface area (Å²) >= 11 is 0. The lowest BCUT2D eigenvalue weighted by atomic mass is 9.84. The fraction of sp³-hybridized carbons (Fsp3) is 0.533. The van der Waals surface area contributed by atoms with Gasteiger partial charge >= 0.3 is 0 Å². The zero-order chi connectivity index (χ0) is 13.9. The number of halogens is 2. The average Bonchev–Trinajstić information content (AvgIpc) is 2.90. The Kier molecular flexibility index (Phi) is 5.96. The Hall–Kier alpha value is -1.13. The summed E-state index contributed by atoms with van der Waals surface area (Å²) in [5, 5.41) is 6.12. The van der Waals surface area contributed by atoms with Crippen molar-refractivity contribution in [2.45, 2.75) is 25.7 Å². The molecule has 0 aromatic heterocycles. The second-order valence-corrected chi connectivity index (χ2v) is 5.77. The largest absolute Gasteiger partial charge is 0.355 e. The van der Waals surface area contributed by atoms with Crippen molar-refractivity contribution in [2.75, 3.05) is 19.6 Å². The van der Waals surface area contributed by atoms with E-state index in [0.29, 0.717) is 12.1 Å². The highest BCUT2D eigenvalue weighted by Crippen LogP contribution is 2.25. The smallest absolute Gasteiger partial charge is 0.224 e. The van der Waals surface area contributed by atoms with Crippen molar-refractivity contribution >= 4 is 18.3 Å². The van der Waals surface area contributed by atoms with E-state index >= 15 is 0 Å². The van der Waals surface area contributed by atoms with Crippen molar-refractivity contribution in [1.29, 1.82) is 0 Å². The van der Waals surface area contributed by atoms with E-state index in [1.807, 2.05) is 19.9 Å². The Balaban J connectivity index is 0.00000200. The number of carbonyl (C=O) groups is 1. The predicted octanol–water partition coefficient (Wildman–Crippen LogP) is 2.25. The molecule has 0 saturated carbocycles. The molecule has 1 aromatic carbocycles. The van der Waals surface area contributed by atoms with Gasteiger partial charge in [0.1, 0.15) is 5.82 Å². The zero-order valence-electron chi connectivity index (χ0n) is 11.9. The Labute approximate surface area is 125 Å². The van der Waals surface area contributed by atoms with E-state index in [-0.39, 0.29) is 30.0 Å². The lowest BCUT2D eigenvalue weighted by Crippen LogP contribution is -2.40. The first kappa shape index (κ1) is 16.9. The van der Waals surface area contributed by atoms with Gasteiger partial charge in [-0.15, -0.1) is 12.4 Å². The fourth-order valence-electron chi connectivity index (χ4n) is 2.44. The molecule has 20 heavy (non-hydrogen) atoms. The Morgan fingerprint density at radius 1 is 1.45 bits per heavy atom. The van der Waals surface area contributed by atoms with E-state index in [0.717, 1.165) is 19.5 Å². The summed E-state index contributed by atoms with van der Waals surface area (Å²) in [6.07, 6.45) is 0.881. The molecule has 2 N–H and O–H groups in total. The number of nitrogens with one attached hydrogen (secondary N) is 2. The maximum atomic E-state index is 13.8. The van der Waals surface area contributed by atoms with Crippen molar-refractivity contribution in [3.63, 3.8) is 0 Å². The molecule has 1 fully saturated rings. The maximum absolute atomic E-state index is 13.8. The van der Waals surface area contributed by atoms with Crippen LogP contribution in [0.2, 0.25) is 0 Å². The number of hydrogen-bond donors (Lipinski definition) is 2. The van der Waals surface area contributed by atoms with Gasteiger partial charge < -0.3 is 10.6 Å². The fourth-order valence-corrected chi connectivity index (χ4v) is 2.44. The third-order valence-corrected chi connectivity index (χ3v) is 3.74. The molecule has 2 rings (SSSR count). The minimum Gasteiger partial charge on any atom is -0.355 e. The van der Waals surface area contributed by atoms with Gasteiger partial charge in [-0.3, -0.25) is 4.79 Å². The van der Waals surface area contributed by atoms with Crippen LogP contribution in [0.25, 0.3) is 0 Å². The normalized spacial score (nSPS) is 18.4. The second kappa shape index (κ2) is 7.04. The first-order valence-electron chi connectivity index (χ1n) is 6.74. The molecule has 0 spiro atoms. The lowest BCUT2D eigenvalue weighted by molar-refractivity contribution is -0.124. The maximum Gasteiger partial charge on any atom is 0.224 e. The Morgan fingerprint density at radius 3 is 2.75 bits per heavy atom. The molecule has 112 valence electrons. The van der Waals surface area contributed by atoms with Gasteiger partial charge in [0.2, 0.25) is 5.91 Å². The topological polar surface area (TPSA) is 41.1 Å². The second-order valence-electron chi connectivity index (χ2n) is 5.77. The van der Waals surface area contributed by atoms with Gasteiger partial charge in [0, 0.05) is 18.5 Å². The zero-order valence-corrected chi connectivity index (χ0v) is 12.7. The van der Waals surface area contributed by atoms with Gasteiger partial charge in [0.25, 0.3) is 0 Å². The third kappa shape index (κ3) is 3.93. The van der Waals surface area contributed by atoms with Crippen molar-refractivity contribution < 1.29 is 9.18 Å². The van der Waals surface area contributed by atoms with E-state index in [2.05, 4.69) is 10.6 Å². The molecule has 1 saturated heterocycles. The minimum absolute atomic E-state index is 0. The van der Waals surface area contributed by atoms with Gasteiger partial charge in [-0.2, -0.15) is 0 Å². The summed E-state index contributed by atoms with van der Waals surface area (Å²) < 4.78 is 13.8. The molecule has 1 amide bonds. The summed E-state index contributed by atoms with van der Waals surface area (Å²) in [6, 6.07) is 6.74.